The van der Waals surface area contributed by atoms with Gasteiger partial charge in [-0.2, -0.15) is 4.89 Å². The highest BCUT2D eigenvalue weighted by Crippen LogP contribution is 2.70. The van der Waals surface area contributed by atoms with Crippen molar-refractivity contribution in [1.82, 2.24) is 0 Å². The number of ether oxygens (including phenoxy) is 1. The van der Waals surface area contributed by atoms with Gasteiger partial charge in [-0.3, -0.25) is 0 Å². The summed E-state index contributed by atoms with van der Waals surface area (Å²) in [6, 6.07) is 16.3. The van der Waals surface area contributed by atoms with Gasteiger partial charge in [0.15, 0.2) is 5.60 Å². The van der Waals surface area contributed by atoms with Crippen LogP contribution in [0.2, 0.25) is 0 Å². The van der Waals surface area contributed by atoms with E-state index in [-0.39, 0.29) is 16.6 Å². The molecular weight excluding hydrogens is 408 g/mol. The van der Waals surface area contributed by atoms with Gasteiger partial charge in [0, 0.05) is 36.6 Å². The van der Waals surface area contributed by atoms with Gasteiger partial charge in [0.1, 0.15) is 5.75 Å². The Bertz CT molecular complexity index is 1380. The van der Waals surface area contributed by atoms with Crippen molar-refractivity contribution >= 4 is 42.3 Å². The van der Waals surface area contributed by atoms with Crippen LogP contribution in [0, 0.1) is 10.8 Å². The van der Waals surface area contributed by atoms with Gasteiger partial charge in [-0.05, 0) is 35.0 Å². The molecule has 2 fully saturated rings. The van der Waals surface area contributed by atoms with E-state index in [2.05, 4.69) is 71.0 Å². The number of rotatable bonds is 1. The number of hydrogen-bond donors (Lipinski definition) is 1. The summed E-state index contributed by atoms with van der Waals surface area (Å²) in [7, 11) is 0. The van der Waals surface area contributed by atoms with Crippen LogP contribution in [-0.4, -0.2) is 17.3 Å². The Labute approximate surface area is 185 Å². The third kappa shape index (κ3) is 2.15. The van der Waals surface area contributed by atoms with Gasteiger partial charge in [-0.15, -0.1) is 11.3 Å². The van der Waals surface area contributed by atoms with Crippen molar-refractivity contribution in [3.8, 4) is 5.75 Å². The van der Waals surface area contributed by atoms with Gasteiger partial charge in [0.25, 0.3) is 5.79 Å². The van der Waals surface area contributed by atoms with Crippen LogP contribution in [0.25, 0.3) is 30.9 Å². The molecule has 4 aromatic rings. The average Bonchev–Trinajstić information content (AvgIpc) is 3.11. The smallest absolute Gasteiger partial charge is 0.262 e. The molecule has 4 nitrogen and oxygen atoms in total. The Morgan fingerprint density at radius 2 is 1.68 bits per heavy atom. The van der Waals surface area contributed by atoms with Crippen molar-refractivity contribution in [1.29, 1.82) is 0 Å². The van der Waals surface area contributed by atoms with Gasteiger partial charge in [-0.1, -0.05) is 58.9 Å². The van der Waals surface area contributed by atoms with Gasteiger partial charge >= 0.3 is 0 Å². The van der Waals surface area contributed by atoms with Crippen LogP contribution < -0.4 is 0 Å². The third-order valence-corrected chi connectivity index (χ3v) is 8.34. The van der Waals surface area contributed by atoms with Gasteiger partial charge in [-0.25, -0.2) is 4.89 Å². The Kier molecular flexibility index (Phi) is 3.64. The summed E-state index contributed by atoms with van der Waals surface area (Å²) in [5.41, 5.74) is -0.409. The van der Waals surface area contributed by atoms with Crippen molar-refractivity contribution in [3.63, 3.8) is 0 Å². The molecule has 0 bridgehead atoms. The first-order valence-electron chi connectivity index (χ1n) is 10.7. The van der Waals surface area contributed by atoms with E-state index < -0.39 is 11.4 Å². The summed E-state index contributed by atoms with van der Waals surface area (Å²) in [6.45, 7) is 11.3. The Hall–Kier alpha value is -2.18. The van der Waals surface area contributed by atoms with Gasteiger partial charge in [0.05, 0.1) is 6.61 Å². The minimum atomic E-state index is -1.08. The summed E-state index contributed by atoms with van der Waals surface area (Å²) in [4.78, 5) is 11.9. The molecule has 6 rings (SSSR count). The quantitative estimate of drug-likeness (QED) is 0.332. The van der Waals surface area contributed by atoms with Crippen LogP contribution in [0.3, 0.4) is 0 Å². The summed E-state index contributed by atoms with van der Waals surface area (Å²) >= 11 is 1.77. The Morgan fingerprint density at radius 3 is 2.39 bits per heavy atom. The zero-order valence-electron chi connectivity index (χ0n) is 18.4. The Morgan fingerprint density at radius 1 is 0.903 bits per heavy atom. The molecule has 0 saturated carbocycles. The lowest BCUT2D eigenvalue weighted by molar-refractivity contribution is -0.626. The summed E-state index contributed by atoms with van der Waals surface area (Å²) in [5, 5.41) is 15.2. The summed E-state index contributed by atoms with van der Waals surface area (Å²) in [6.07, 6.45) is 0. The number of aromatic hydroxyl groups is 1. The highest BCUT2D eigenvalue weighted by molar-refractivity contribution is 7.26. The van der Waals surface area contributed by atoms with E-state index in [0.717, 1.165) is 21.7 Å². The average molecular weight is 435 g/mol. The first kappa shape index (κ1) is 19.5. The van der Waals surface area contributed by atoms with Crippen molar-refractivity contribution in [2.24, 2.45) is 10.8 Å². The molecule has 1 N–H and O–H groups in total. The molecular formula is C26H26O4S. The highest BCUT2D eigenvalue weighted by atomic mass is 32.1. The molecule has 1 aromatic heterocycles. The van der Waals surface area contributed by atoms with Gasteiger partial charge < -0.3 is 9.84 Å². The molecule has 0 amide bonds. The molecule has 2 atom stereocenters. The topological polar surface area (TPSA) is 47.9 Å². The monoisotopic (exact) mass is 434 g/mol. The fraction of sp³-hybridized carbons (Fsp3) is 0.385. The van der Waals surface area contributed by atoms with Crippen molar-refractivity contribution in [2.45, 2.75) is 46.0 Å². The van der Waals surface area contributed by atoms with E-state index in [1.165, 1.54) is 14.8 Å². The normalized spacial score (nSPS) is 27.6. The third-order valence-electron chi connectivity index (χ3n) is 7.21. The fourth-order valence-corrected chi connectivity index (χ4v) is 7.25. The maximum atomic E-state index is 10.8. The van der Waals surface area contributed by atoms with Crippen LogP contribution in [0.15, 0.2) is 48.5 Å². The zero-order chi connectivity index (χ0) is 21.8. The van der Waals surface area contributed by atoms with E-state index in [9.17, 15) is 5.11 Å². The minimum Gasteiger partial charge on any atom is -0.508 e. The second-order valence-electron chi connectivity index (χ2n) is 10.5. The predicted molar refractivity (Wildman–Crippen MR) is 124 cm³/mol. The lowest BCUT2D eigenvalue weighted by Crippen LogP contribution is -2.73. The fourth-order valence-electron chi connectivity index (χ4n) is 6.13. The highest BCUT2D eigenvalue weighted by Gasteiger charge is 2.81. The van der Waals surface area contributed by atoms with Crippen LogP contribution in [0.5, 0.6) is 5.75 Å². The number of thiophene rings is 1. The van der Waals surface area contributed by atoms with E-state index in [0.29, 0.717) is 6.61 Å². The molecule has 0 aliphatic carbocycles. The molecule has 0 radical (unpaired) electrons. The van der Waals surface area contributed by atoms with Crippen LogP contribution in [0.4, 0.5) is 0 Å². The summed E-state index contributed by atoms with van der Waals surface area (Å²) in [5.74, 6) is -0.878. The van der Waals surface area contributed by atoms with Gasteiger partial charge in [0.2, 0.25) is 0 Å². The Balaban J connectivity index is 1.72. The number of phenolic OH excluding ortho intramolecular Hbond substituents is 1. The lowest BCUT2D eigenvalue weighted by Gasteiger charge is -2.61. The lowest BCUT2D eigenvalue weighted by atomic mass is 9.57. The maximum absolute atomic E-state index is 10.8. The number of phenols is 1. The molecule has 5 heteroatoms. The standard InChI is InChI=1S/C26H26O4S/c1-23(2,3)26-24(4,5)14-28-25(26,29-30-26)19-13-15(27)12-18-16(19)10-11-21-22(18)17-8-6-7-9-20(17)31-21/h6-13,27H,14H2,1-5H3. The van der Waals surface area contributed by atoms with Crippen LogP contribution >= 0.6 is 11.3 Å². The molecule has 2 saturated heterocycles. The van der Waals surface area contributed by atoms with E-state index in [4.69, 9.17) is 14.5 Å². The first-order valence-corrected chi connectivity index (χ1v) is 11.5. The first-order chi connectivity index (χ1) is 14.6. The van der Waals surface area contributed by atoms with E-state index in [1.807, 2.05) is 6.07 Å². The molecule has 3 heterocycles. The molecule has 160 valence electrons. The zero-order valence-corrected chi connectivity index (χ0v) is 19.2. The van der Waals surface area contributed by atoms with E-state index >= 15 is 0 Å². The largest absolute Gasteiger partial charge is 0.508 e. The molecule has 2 unspecified atom stereocenters. The molecule has 31 heavy (non-hydrogen) atoms. The van der Waals surface area contributed by atoms with Crippen molar-refractivity contribution < 1.29 is 19.6 Å². The second-order valence-corrected chi connectivity index (χ2v) is 11.6. The predicted octanol–water partition coefficient (Wildman–Crippen LogP) is 6.87. The maximum Gasteiger partial charge on any atom is 0.262 e. The van der Waals surface area contributed by atoms with Crippen molar-refractivity contribution in [2.75, 3.05) is 6.61 Å². The molecule has 2 aliphatic heterocycles. The minimum absolute atomic E-state index is 0.200. The van der Waals surface area contributed by atoms with Crippen molar-refractivity contribution in [3.05, 3.63) is 54.1 Å². The summed E-state index contributed by atoms with van der Waals surface area (Å²) < 4.78 is 8.89. The van der Waals surface area contributed by atoms with Crippen LogP contribution in [-0.2, 0) is 20.3 Å². The number of hydrogen-bond acceptors (Lipinski definition) is 5. The molecule has 2 aliphatic rings. The molecule has 3 aromatic carbocycles. The van der Waals surface area contributed by atoms with Crippen LogP contribution in [0.1, 0.15) is 40.2 Å². The van der Waals surface area contributed by atoms with E-state index in [1.54, 1.807) is 17.4 Å². The number of fused-ring (bicyclic) bond motifs is 6. The number of benzene rings is 3. The SMILES string of the molecule is CC(C)(C)C12OOC1(c1cc(O)cc3c1ccc1sc4ccccc4c13)OCC2(C)C. The second kappa shape index (κ2) is 5.78. The molecule has 0 spiro atoms.